The van der Waals surface area contributed by atoms with Crippen LogP contribution in [0.3, 0.4) is 0 Å². The Balaban J connectivity index is 1.66. The second-order valence-corrected chi connectivity index (χ2v) is 5.66. The average Bonchev–Trinajstić information content (AvgIpc) is 2.77. The van der Waals surface area contributed by atoms with Crippen LogP contribution in [0.25, 0.3) is 0 Å². The van der Waals surface area contributed by atoms with Gasteiger partial charge >= 0.3 is 0 Å². The molecule has 1 N–H and O–H groups in total. The standard InChI is InChI=1S/C16H23FN2O2/c17-15-11-13(21-14-3-1-10-20-12-14)4-5-16(15)19-8-2-6-18-7-9-19/h4-5,11,14,18H,1-3,6-10,12H2. The number of ether oxygens (including phenoxy) is 2. The van der Waals surface area contributed by atoms with Gasteiger partial charge in [-0.2, -0.15) is 0 Å². The molecule has 116 valence electrons. The first-order valence-corrected chi connectivity index (χ1v) is 7.82. The lowest BCUT2D eigenvalue weighted by molar-refractivity contribution is 0.00732. The first-order chi connectivity index (χ1) is 10.3. The number of anilines is 1. The van der Waals surface area contributed by atoms with Crippen molar-refractivity contribution in [2.45, 2.75) is 25.4 Å². The fourth-order valence-electron chi connectivity index (χ4n) is 2.90. The minimum atomic E-state index is -0.203. The van der Waals surface area contributed by atoms with Crippen molar-refractivity contribution >= 4 is 5.69 Å². The lowest BCUT2D eigenvalue weighted by Gasteiger charge is -2.25. The lowest BCUT2D eigenvalue weighted by atomic mass is 10.2. The van der Waals surface area contributed by atoms with Crippen molar-refractivity contribution in [1.29, 1.82) is 0 Å². The number of hydrogen-bond donors (Lipinski definition) is 1. The molecule has 1 atom stereocenters. The molecule has 0 aliphatic carbocycles. The predicted molar refractivity (Wildman–Crippen MR) is 80.6 cm³/mol. The molecule has 0 aromatic heterocycles. The summed E-state index contributed by atoms with van der Waals surface area (Å²) >= 11 is 0. The van der Waals surface area contributed by atoms with Crippen molar-refractivity contribution in [3.8, 4) is 5.75 Å². The van der Waals surface area contributed by atoms with Crippen LogP contribution in [0.2, 0.25) is 0 Å². The molecule has 4 nitrogen and oxygen atoms in total. The smallest absolute Gasteiger partial charge is 0.150 e. The quantitative estimate of drug-likeness (QED) is 0.926. The fourth-order valence-corrected chi connectivity index (χ4v) is 2.90. The Hall–Kier alpha value is -1.33. The Morgan fingerprint density at radius 3 is 3.00 bits per heavy atom. The third-order valence-electron chi connectivity index (χ3n) is 4.02. The van der Waals surface area contributed by atoms with Gasteiger partial charge in [0, 0.05) is 32.3 Å². The zero-order valence-corrected chi connectivity index (χ0v) is 12.3. The van der Waals surface area contributed by atoms with E-state index < -0.39 is 0 Å². The van der Waals surface area contributed by atoms with E-state index in [0.717, 1.165) is 52.0 Å². The number of rotatable bonds is 3. The van der Waals surface area contributed by atoms with E-state index in [1.165, 1.54) is 6.07 Å². The molecule has 2 heterocycles. The van der Waals surface area contributed by atoms with Crippen LogP contribution in [-0.2, 0) is 4.74 Å². The molecule has 0 saturated carbocycles. The van der Waals surface area contributed by atoms with Gasteiger partial charge in [0.25, 0.3) is 0 Å². The molecule has 2 aliphatic heterocycles. The minimum absolute atomic E-state index is 0.0476. The average molecular weight is 294 g/mol. The van der Waals surface area contributed by atoms with Crippen LogP contribution in [-0.4, -0.2) is 45.5 Å². The molecule has 2 aliphatic rings. The van der Waals surface area contributed by atoms with Gasteiger partial charge in [-0.05, 0) is 37.9 Å². The summed E-state index contributed by atoms with van der Waals surface area (Å²) in [7, 11) is 0. The topological polar surface area (TPSA) is 33.7 Å². The molecule has 0 amide bonds. The third kappa shape index (κ3) is 3.86. The summed E-state index contributed by atoms with van der Waals surface area (Å²) in [6, 6.07) is 5.20. The Bertz CT molecular complexity index is 456. The predicted octanol–water partition coefficient (Wildman–Crippen LogP) is 2.18. The normalized spacial score (nSPS) is 23.7. The summed E-state index contributed by atoms with van der Waals surface area (Å²) in [5, 5.41) is 3.33. The lowest BCUT2D eigenvalue weighted by Crippen LogP contribution is -2.29. The first kappa shape index (κ1) is 14.6. The summed E-state index contributed by atoms with van der Waals surface area (Å²) in [5.41, 5.74) is 0.672. The monoisotopic (exact) mass is 294 g/mol. The minimum Gasteiger partial charge on any atom is -0.488 e. The molecule has 1 aromatic carbocycles. The zero-order valence-electron chi connectivity index (χ0n) is 12.3. The SMILES string of the molecule is Fc1cc(OC2CCCOC2)ccc1N1CCCNCC1. The number of halogens is 1. The van der Waals surface area contributed by atoms with E-state index in [0.29, 0.717) is 18.0 Å². The summed E-state index contributed by atoms with van der Waals surface area (Å²) < 4.78 is 25.5. The van der Waals surface area contributed by atoms with Gasteiger partial charge in [-0.3, -0.25) is 0 Å². The number of benzene rings is 1. The molecule has 2 fully saturated rings. The van der Waals surface area contributed by atoms with Crippen LogP contribution < -0.4 is 15.0 Å². The molecule has 3 rings (SSSR count). The van der Waals surface area contributed by atoms with Crippen LogP contribution >= 0.6 is 0 Å². The van der Waals surface area contributed by atoms with E-state index in [9.17, 15) is 4.39 Å². The summed E-state index contributed by atoms with van der Waals surface area (Å²) in [4.78, 5) is 2.10. The van der Waals surface area contributed by atoms with Crippen LogP contribution in [0.4, 0.5) is 10.1 Å². The van der Waals surface area contributed by atoms with E-state index in [1.54, 1.807) is 0 Å². The Labute approximate surface area is 125 Å². The van der Waals surface area contributed by atoms with Crippen molar-refractivity contribution in [2.24, 2.45) is 0 Å². The fraction of sp³-hybridized carbons (Fsp3) is 0.625. The molecule has 21 heavy (non-hydrogen) atoms. The Kier molecular flexibility index (Phi) is 4.93. The highest BCUT2D eigenvalue weighted by Gasteiger charge is 2.18. The highest BCUT2D eigenvalue weighted by atomic mass is 19.1. The first-order valence-electron chi connectivity index (χ1n) is 7.82. The maximum Gasteiger partial charge on any atom is 0.150 e. The van der Waals surface area contributed by atoms with Gasteiger partial charge in [-0.25, -0.2) is 4.39 Å². The van der Waals surface area contributed by atoms with E-state index >= 15 is 0 Å². The summed E-state index contributed by atoms with van der Waals surface area (Å²) in [6.45, 7) is 5.03. The molecule has 0 spiro atoms. The Morgan fingerprint density at radius 2 is 2.19 bits per heavy atom. The largest absolute Gasteiger partial charge is 0.488 e. The van der Waals surface area contributed by atoms with Crippen molar-refractivity contribution in [3.05, 3.63) is 24.0 Å². The van der Waals surface area contributed by atoms with Crippen LogP contribution in [0.5, 0.6) is 5.75 Å². The second-order valence-electron chi connectivity index (χ2n) is 5.66. The van der Waals surface area contributed by atoms with E-state index in [1.807, 2.05) is 12.1 Å². The van der Waals surface area contributed by atoms with Crippen LogP contribution in [0.15, 0.2) is 18.2 Å². The van der Waals surface area contributed by atoms with Crippen molar-refractivity contribution in [2.75, 3.05) is 44.3 Å². The van der Waals surface area contributed by atoms with Gasteiger partial charge in [-0.15, -0.1) is 0 Å². The van der Waals surface area contributed by atoms with Gasteiger partial charge < -0.3 is 19.7 Å². The van der Waals surface area contributed by atoms with Gasteiger partial charge in [0.15, 0.2) is 0 Å². The molecular weight excluding hydrogens is 271 g/mol. The second kappa shape index (κ2) is 7.09. The van der Waals surface area contributed by atoms with Gasteiger partial charge in [-0.1, -0.05) is 0 Å². The maximum absolute atomic E-state index is 14.3. The summed E-state index contributed by atoms with van der Waals surface area (Å²) in [5.74, 6) is 0.394. The van der Waals surface area contributed by atoms with E-state index in [-0.39, 0.29) is 11.9 Å². The highest BCUT2D eigenvalue weighted by Crippen LogP contribution is 2.26. The molecule has 2 saturated heterocycles. The third-order valence-corrected chi connectivity index (χ3v) is 4.02. The van der Waals surface area contributed by atoms with Crippen LogP contribution in [0.1, 0.15) is 19.3 Å². The molecular formula is C16H23FN2O2. The van der Waals surface area contributed by atoms with Gasteiger partial charge in [0.05, 0.1) is 12.3 Å². The molecule has 1 aromatic rings. The van der Waals surface area contributed by atoms with Crippen molar-refractivity contribution in [1.82, 2.24) is 5.32 Å². The van der Waals surface area contributed by atoms with Crippen molar-refractivity contribution < 1.29 is 13.9 Å². The number of hydrogen-bond acceptors (Lipinski definition) is 4. The van der Waals surface area contributed by atoms with Gasteiger partial charge in [0.2, 0.25) is 0 Å². The van der Waals surface area contributed by atoms with Crippen LogP contribution in [0, 0.1) is 5.82 Å². The van der Waals surface area contributed by atoms with E-state index in [4.69, 9.17) is 9.47 Å². The molecule has 1 unspecified atom stereocenters. The maximum atomic E-state index is 14.3. The Morgan fingerprint density at radius 1 is 1.24 bits per heavy atom. The van der Waals surface area contributed by atoms with E-state index in [2.05, 4.69) is 10.2 Å². The zero-order chi connectivity index (χ0) is 14.5. The molecule has 0 bridgehead atoms. The number of nitrogens with one attached hydrogen (secondary N) is 1. The van der Waals surface area contributed by atoms with Gasteiger partial charge in [0.1, 0.15) is 17.7 Å². The summed E-state index contributed by atoms with van der Waals surface area (Å²) in [6.07, 6.45) is 3.07. The highest BCUT2D eigenvalue weighted by molar-refractivity contribution is 5.50. The number of nitrogens with zero attached hydrogens (tertiary/aromatic N) is 1. The van der Waals surface area contributed by atoms with Crippen molar-refractivity contribution in [3.63, 3.8) is 0 Å². The molecule has 0 radical (unpaired) electrons. The molecule has 5 heteroatoms.